The van der Waals surface area contributed by atoms with E-state index in [0.29, 0.717) is 5.69 Å². The number of aromatic nitrogens is 2. The highest BCUT2D eigenvalue weighted by molar-refractivity contribution is 6.07. The summed E-state index contributed by atoms with van der Waals surface area (Å²) < 4.78 is 10.8. The number of methoxy groups -OCH3 is 2. The van der Waals surface area contributed by atoms with Gasteiger partial charge in [0.1, 0.15) is 22.9 Å². The average molecular weight is 406 g/mol. The van der Waals surface area contributed by atoms with Gasteiger partial charge in [-0.1, -0.05) is 24.3 Å². The Morgan fingerprint density at radius 2 is 1.73 bits per heavy atom. The van der Waals surface area contributed by atoms with E-state index >= 15 is 0 Å². The minimum atomic E-state index is -0.941. The number of esters is 2. The summed E-state index contributed by atoms with van der Waals surface area (Å²) in [5.74, 6) is -1.83. The van der Waals surface area contributed by atoms with E-state index in [0.717, 1.165) is 18.9 Å². The molecule has 0 aliphatic rings. The molecule has 0 aliphatic carbocycles. The molecular weight excluding hydrogens is 392 g/mol. The van der Waals surface area contributed by atoms with Crippen LogP contribution in [0.15, 0.2) is 48.5 Å². The lowest BCUT2D eigenvalue weighted by Crippen LogP contribution is -2.15. The summed E-state index contributed by atoms with van der Waals surface area (Å²) in [6, 6.07) is 14.2. The van der Waals surface area contributed by atoms with Gasteiger partial charge in [-0.05, 0) is 24.3 Å². The second-order valence-corrected chi connectivity index (χ2v) is 5.87. The number of rotatable bonds is 5. The van der Waals surface area contributed by atoms with E-state index in [9.17, 15) is 25.0 Å². The van der Waals surface area contributed by atoms with E-state index in [2.05, 4.69) is 5.10 Å². The van der Waals surface area contributed by atoms with Gasteiger partial charge in [0.25, 0.3) is 5.69 Å². The number of ether oxygens (including phenoxy) is 2. The van der Waals surface area contributed by atoms with Crippen molar-refractivity contribution in [2.24, 2.45) is 0 Å². The molecule has 0 saturated heterocycles. The number of para-hydroxylation sites is 2. The highest BCUT2D eigenvalue weighted by Crippen LogP contribution is 2.36. The third kappa shape index (κ3) is 3.35. The summed E-state index contributed by atoms with van der Waals surface area (Å²) in [6.07, 6.45) is 0. The molecule has 0 atom stereocenters. The molecule has 10 heteroatoms. The van der Waals surface area contributed by atoms with Crippen LogP contribution in [0, 0.1) is 21.4 Å². The van der Waals surface area contributed by atoms with Crippen LogP contribution in [0.3, 0.4) is 0 Å². The number of hydrogen-bond acceptors (Lipinski definition) is 8. The Morgan fingerprint density at radius 1 is 1.07 bits per heavy atom. The Balaban J connectivity index is 2.47. The first kappa shape index (κ1) is 20.2. The standard InChI is InChI=1S/C20H14N4O6/c1-29-19(25)15-16(14-10-6-7-12(11-21)17(14)24(27)28)22-23(18(15)20(26)30-2)13-8-4-3-5-9-13/h3-10H,1-2H3. The highest BCUT2D eigenvalue weighted by Gasteiger charge is 2.34. The zero-order valence-corrected chi connectivity index (χ0v) is 15.9. The first-order valence-corrected chi connectivity index (χ1v) is 8.47. The van der Waals surface area contributed by atoms with Crippen molar-refractivity contribution in [3.05, 3.63) is 75.5 Å². The topological polar surface area (TPSA) is 137 Å². The van der Waals surface area contributed by atoms with Crippen LogP contribution in [-0.2, 0) is 9.47 Å². The maximum atomic E-state index is 12.6. The van der Waals surface area contributed by atoms with Crippen LogP contribution in [0.2, 0.25) is 0 Å². The van der Waals surface area contributed by atoms with E-state index in [1.54, 1.807) is 36.4 Å². The van der Waals surface area contributed by atoms with Crippen LogP contribution in [0.1, 0.15) is 26.4 Å². The molecule has 0 fully saturated rings. The second-order valence-electron chi connectivity index (χ2n) is 5.87. The van der Waals surface area contributed by atoms with Crippen molar-refractivity contribution >= 4 is 17.6 Å². The summed E-state index contributed by atoms with van der Waals surface area (Å²) in [7, 11) is 2.23. The van der Waals surface area contributed by atoms with Gasteiger partial charge in [-0.25, -0.2) is 14.3 Å². The summed E-state index contributed by atoms with van der Waals surface area (Å²) in [5.41, 5.74) is -1.22. The number of benzene rings is 2. The number of nitro groups is 1. The van der Waals surface area contributed by atoms with Crippen molar-refractivity contribution in [1.29, 1.82) is 5.26 Å². The minimum Gasteiger partial charge on any atom is -0.465 e. The Morgan fingerprint density at radius 3 is 2.30 bits per heavy atom. The molecule has 1 heterocycles. The van der Waals surface area contributed by atoms with Crippen molar-refractivity contribution in [3.63, 3.8) is 0 Å². The molecule has 10 nitrogen and oxygen atoms in total. The first-order valence-electron chi connectivity index (χ1n) is 8.47. The quantitative estimate of drug-likeness (QED) is 0.358. The summed E-state index contributed by atoms with van der Waals surface area (Å²) in [5, 5.41) is 25.3. The molecule has 0 bridgehead atoms. The first-order chi connectivity index (χ1) is 14.4. The fraction of sp³-hybridized carbons (Fsp3) is 0.100. The molecule has 3 rings (SSSR count). The fourth-order valence-electron chi connectivity index (χ4n) is 2.96. The molecule has 0 radical (unpaired) electrons. The van der Waals surface area contributed by atoms with Gasteiger partial charge in [-0.15, -0.1) is 0 Å². The third-order valence-corrected chi connectivity index (χ3v) is 4.25. The highest BCUT2D eigenvalue weighted by atomic mass is 16.6. The second kappa shape index (κ2) is 8.24. The number of hydrogen-bond donors (Lipinski definition) is 0. The maximum Gasteiger partial charge on any atom is 0.357 e. The molecule has 0 unspecified atom stereocenters. The Kier molecular flexibility index (Phi) is 5.55. The van der Waals surface area contributed by atoms with Gasteiger partial charge in [-0.3, -0.25) is 10.1 Å². The van der Waals surface area contributed by atoms with E-state index in [-0.39, 0.29) is 28.1 Å². The maximum absolute atomic E-state index is 12.6. The van der Waals surface area contributed by atoms with Crippen LogP contribution < -0.4 is 0 Å². The molecule has 150 valence electrons. The molecule has 3 aromatic rings. The number of nitriles is 1. The van der Waals surface area contributed by atoms with Gasteiger partial charge in [0.15, 0.2) is 5.69 Å². The Bertz CT molecular complexity index is 1190. The SMILES string of the molecule is COC(=O)c1c(-c2cccc(C#N)c2[N+](=O)[O-])nn(-c2ccccc2)c1C(=O)OC. The fourth-order valence-corrected chi connectivity index (χ4v) is 2.96. The largest absolute Gasteiger partial charge is 0.465 e. The molecule has 2 aromatic carbocycles. The van der Waals surface area contributed by atoms with E-state index in [1.807, 2.05) is 0 Å². The van der Waals surface area contributed by atoms with Gasteiger partial charge >= 0.3 is 11.9 Å². The lowest BCUT2D eigenvalue weighted by molar-refractivity contribution is -0.384. The van der Waals surface area contributed by atoms with Crippen molar-refractivity contribution < 1.29 is 24.0 Å². The number of nitro benzene ring substituents is 1. The van der Waals surface area contributed by atoms with Crippen molar-refractivity contribution in [2.75, 3.05) is 14.2 Å². The molecule has 30 heavy (non-hydrogen) atoms. The predicted molar refractivity (Wildman–Crippen MR) is 103 cm³/mol. The Hall–Kier alpha value is -4.52. The average Bonchev–Trinajstić information content (AvgIpc) is 3.18. The summed E-state index contributed by atoms with van der Waals surface area (Å²) in [4.78, 5) is 36.1. The number of carbonyl (C=O) groups is 2. The molecular formula is C20H14N4O6. The zero-order valence-electron chi connectivity index (χ0n) is 15.9. The van der Waals surface area contributed by atoms with Crippen LogP contribution >= 0.6 is 0 Å². The molecule has 0 N–H and O–H groups in total. The van der Waals surface area contributed by atoms with Gasteiger partial charge in [0.05, 0.1) is 30.4 Å². The van der Waals surface area contributed by atoms with Gasteiger partial charge in [0, 0.05) is 0 Å². The van der Waals surface area contributed by atoms with E-state index in [1.165, 1.54) is 18.2 Å². The summed E-state index contributed by atoms with van der Waals surface area (Å²) >= 11 is 0. The van der Waals surface area contributed by atoms with Gasteiger partial charge in [0.2, 0.25) is 0 Å². The Labute approximate surface area is 170 Å². The van der Waals surface area contributed by atoms with Crippen LogP contribution in [-0.4, -0.2) is 40.9 Å². The lowest BCUT2D eigenvalue weighted by atomic mass is 10.0. The number of nitrogens with zero attached hydrogens (tertiary/aromatic N) is 4. The van der Waals surface area contributed by atoms with Gasteiger partial charge < -0.3 is 9.47 Å². The predicted octanol–water partition coefficient (Wildman–Crippen LogP) is 2.89. The van der Waals surface area contributed by atoms with Crippen molar-refractivity contribution in [1.82, 2.24) is 9.78 Å². The lowest BCUT2D eigenvalue weighted by Gasteiger charge is -2.07. The smallest absolute Gasteiger partial charge is 0.357 e. The summed E-state index contributed by atoms with van der Waals surface area (Å²) in [6.45, 7) is 0. The molecule has 1 aromatic heterocycles. The van der Waals surface area contributed by atoms with E-state index < -0.39 is 22.5 Å². The monoisotopic (exact) mass is 406 g/mol. The molecule has 0 spiro atoms. The molecule has 0 amide bonds. The van der Waals surface area contributed by atoms with Crippen LogP contribution in [0.5, 0.6) is 0 Å². The normalized spacial score (nSPS) is 10.2. The van der Waals surface area contributed by atoms with Gasteiger partial charge in [-0.2, -0.15) is 10.4 Å². The van der Waals surface area contributed by atoms with Crippen LogP contribution in [0.25, 0.3) is 16.9 Å². The van der Waals surface area contributed by atoms with Crippen LogP contribution in [0.4, 0.5) is 5.69 Å². The van der Waals surface area contributed by atoms with E-state index in [4.69, 9.17) is 9.47 Å². The molecule has 0 aliphatic heterocycles. The minimum absolute atomic E-state index is 0.112. The third-order valence-electron chi connectivity index (χ3n) is 4.25. The van der Waals surface area contributed by atoms with Crippen molar-refractivity contribution in [2.45, 2.75) is 0 Å². The van der Waals surface area contributed by atoms with Crippen molar-refractivity contribution in [3.8, 4) is 23.0 Å². The molecule has 0 saturated carbocycles. The number of carbonyl (C=O) groups excluding carboxylic acids is 2. The zero-order chi connectivity index (χ0) is 21.8.